The molecule has 1 aliphatic heterocycles. The number of methoxy groups -OCH3 is 1. The van der Waals surface area contributed by atoms with Gasteiger partial charge in [-0.15, -0.1) is 0 Å². The molecule has 34 heavy (non-hydrogen) atoms. The lowest BCUT2D eigenvalue weighted by atomic mass is 10.0. The molecule has 2 N–H and O–H groups in total. The third-order valence-corrected chi connectivity index (χ3v) is 6.45. The number of benzene rings is 1. The zero-order chi connectivity index (χ0) is 24.2. The van der Waals surface area contributed by atoms with Crippen LogP contribution in [0.5, 0.6) is 5.75 Å². The minimum Gasteiger partial charge on any atom is -0.494 e. The number of ether oxygens (including phenoxy) is 1. The highest BCUT2D eigenvalue weighted by atomic mass is 19.4. The van der Waals surface area contributed by atoms with Crippen LogP contribution in [-0.4, -0.2) is 56.5 Å². The van der Waals surface area contributed by atoms with Gasteiger partial charge in [0.2, 0.25) is 0 Å². The molecule has 2 aromatic heterocycles. The van der Waals surface area contributed by atoms with Crippen molar-refractivity contribution >= 4 is 28.6 Å². The van der Waals surface area contributed by atoms with E-state index < -0.39 is 23.9 Å². The molecule has 1 saturated carbocycles. The maximum Gasteiger partial charge on any atom is 0.433 e. The molecule has 3 atom stereocenters. The summed E-state index contributed by atoms with van der Waals surface area (Å²) in [5.74, 6) is -0.343. The first-order chi connectivity index (χ1) is 16.1. The Morgan fingerprint density at radius 2 is 2.03 bits per heavy atom. The van der Waals surface area contributed by atoms with Gasteiger partial charge < -0.3 is 20.1 Å². The number of rotatable bonds is 4. The Bertz CT molecular complexity index is 1290. The molecule has 9 nitrogen and oxygen atoms in total. The number of fused-ring (bicyclic) bond motifs is 3. The van der Waals surface area contributed by atoms with Gasteiger partial charge in [0.05, 0.1) is 24.4 Å². The number of hydrogen-bond donors (Lipinski definition) is 2. The first kappa shape index (κ1) is 22.0. The van der Waals surface area contributed by atoms with Gasteiger partial charge in [-0.2, -0.15) is 18.3 Å². The first-order valence-electron chi connectivity index (χ1n) is 10.6. The molecule has 1 saturated heterocycles. The van der Waals surface area contributed by atoms with Gasteiger partial charge in [0.1, 0.15) is 17.1 Å². The summed E-state index contributed by atoms with van der Waals surface area (Å²) in [4.78, 5) is 28.8. The van der Waals surface area contributed by atoms with E-state index in [1.54, 1.807) is 12.1 Å². The maximum absolute atomic E-state index is 12.9. The highest BCUT2D eigenvalue weighted by Gasteiger charge is 2.47. The van der Waals surface area contributed by atoms with Crippen molar-refractivity contribution in [2.75, 3.05) is 19.0 Å². The summed E-state index contributed by atoms with van der Waals surface area (Å²) in [5.41, 5.74) is -0.650. The molecule has 3 aromatic rings. The van der Waals surface area contributed by atoms with E-state index in [2.05, 4.69) is 15.4 Å². The fourth-order valence-corrected chi connectivity index (χ4v) is 4.90. The van der Waals surface area contributed by atoms with Crippen LogP contribution < -0.4 is 10.1 Å². The zero-order valence-corrected chi connectivity index (χ0v) is 17.9. The van der Waals surface area contributed by atoms with Crippen molar-refractivity contribution in [3.8, 4) is 5.75 Å². The standard InChI is InChI=1S/C22H20F3N5O4/c1-34-18-8-15-11(10-30(28-15)17-7-13-5-12(17)9-29(13)21(32)33)6-16(18)27-20(31)14-3-2-4-19(26-14)22(23,24)25/h2-4,6,8,10,12-13,17H,5,7,9H2,1H3,(H,27,31)(H,32,33)/t12-,13-,17+/m0/s1. The topological polar surface area (TPSA) is 110 Å². The second-order valence-corrected chi connectivity index (χ2v) is 8.47. The molecule has 0 radical (unpaired) electrons. The molecular formula is C22H20F3N5O4. The molecule has 5 rings (SSSR count). The van der Waals surface area contributed by atoms with Crippen LogP contribution in [0.2, 0.25) is 0 Å². The van der Waals surface area contributed by atoms with Gasteiger partial charge in [-0.1, -0.05) is 6.07 Å². The first-order valence-corrected chi connectivity index (χ1v) is 10.6. The van der Waals surface area contributed by atoms with Crippen molar-refractivity contribution in [3.05, 3.63) is 47.9 Å². The number of nitrogens with zero attached hydrogens (tertiary/aromatic N) is 4. The Labute approximate surface area is 191 Å². The number of likely N-dealkylation sites (tertiary alicyclic amines) is 1. The number of alkyl halides is 3. The lowest BCUT2D eigenvalue weighted by molar-refractivity contribution is -0.141. The lowest BCUT2D eigenvalue weighted by Gasteiger charge is -2.29. The van der Waals surface area contributed by atoms with Crippen molar-refractivity contribution < 1.29 is 32.6 Å². The average molecular weight is 475 g/mol. The Morgan fingerprint density at radius 3 is 2.68 bits per heavy atom. The normalized spacial score (nSPS) is 21.8. The number of piperidine rings is 1. The van der Waals surface area contributed by atoms with Gasteiger partial charge in [0.25, 0.3) is 5.91 Å². The van der Waals surface area contributed by atoms with Gasteiger partial charge in [0, 0.05) is 36.2 Å². The number of carbonyl (C=O) groups excluding carboxylic acids is 1. The van der Waals surface area contributed by atoms with E-state index in [0.717, 1.165) is 18.6 Å². The quantitative estimate of drug-likeness (QED) is 0.590. The molecule has 2 fully saturated rings. The molecule has 2 bridgehead atoms. The third kappa shape index (κ3) is 3.78. The second kappa shape index (κ2) is 7.89. The number of pyridine rings is 1. The van der Waals surface area contributed by atoms with Crippen LogP contribution >= 0.6 is 0 Å². The number of nitrogens with one attached hydrogen (secondary N) is 1. The number of anilines is 1. The zero-order valence-electron chi connectivity index (χ0n) is 17.9. The summed E-state index contributed by atoms with van der Waals surface area (Å²) in [7, 11) is 1.41. The van der Waals surface area contributed by atoms with Gasteiger partial charge in [-0.25, -0.2) is 9.78 Å². The minimum atomic E-state index is -4.66. The Balaban J connectivity index is 1.40. The lowest BCUT2D eigenvalue weighted by Crippen LogP contribution is -2.39. The number of aromatic nitrogens is 3. The van der Waals surface area contributed by atoms with Crippen LogP contribution in [0.25, 0.3) is 10.9 Å². The van der Waals surface area contributed by atoms with E-state index in [1.807, 2.05) is 10.9 Å². The molecule has 0 spiro atoms. The van der Waals surface area contributed by atoms with Crippen molar-refractivity contribution in [1.82, 2.24) is 19.7 Å². The van der Waals surface area contributed by atoms with E-state index in [0.29, 0.717) is 29.6 Å². The summed E-state index contributed by atoms with van der Waals surface area (Å²) >= 11 is 0. The van der Waals surface area contributed by atoms with E-state index in [9.17, 15) is 27.9 Å². The Kier molecular flexibility index (Phi) is 5.10. The molecule has 1 aromatic carbocycles. The van der Waals surface area contributed by atoms with E-state index in [-0.39, 0.29) is 29.4 Å². The van der Waals surface area contributed by atoms with Gasteiger partial charge in [0.15, 0.2) is 0 Å². The fraction of sp³-hybridized carbons (Fsp3) is 0.364. The number of carboxylic acid groups (broad SMARTS) is 1. The molecule has 2 aliphatic rings. The largest absolute Gasteiger partial charge is 0.494 e. The van der Waals surface area contributed by atoms with Crippen LogP contribution in [0.1, 0.15) is 35.1 Å². The molecule has 178 valence electrons. The fourth-order valence-electron chi connectivity index (χ4n) is 4.90. The third-order valence-electron chi connectivity index (χ3n) is 6.45. The number of hydrogen-bond acceptors (Lipinski definition) is 5. The predicted octanol–water partition coefficient (Wildman–Crippen LogP) is 4.02. The smallest absolute Gasteiger partial charge is 0.433 e. The maximum atomic E-state index is 12.9. The molecule has 12 heteroatoms. The number of amides is 2. The van der Waals surface area contributed by atoms with Crippen LogP contribution in [-0.2, 0) is 6.18 Å². The SMILES string of the molecule is COc1cc2nn([C@@H]3C[C@@H]4C[C@H]3CN4C(=O)O)cc2cc1NC(=O)c1cccc(C(F)(F)F)n1. The van der Waals surface area contributed by atoms with Gasteiger partial charge in [-0.05, 0) is 31.0 Å². The Morgan fingerprint density at radius 1 is 1.24 bits per heavy atom. The number of halogens is 3. The molecule has 3 heterocycles. The van der Waals surface area contributed by atoms with Crippen LogP contribution in [0.4, 0.5) is 23.7 Å². The van der Waals surface area contributed by atoms with E-state index >= 15 is 0 Å². The van der Waals surface area contributed by atoms with Crippen LogP contribution in [0.15, 0.2) is 36.5 Å². The summed E-state index contributed by atoms with van der Waals surface area (Å²) in [5, 5.41) is 17.2. The molecular weight excluding hydrogens is 455 g/mol. The van der Waals surface area contributed by atoms with Crippen molar-refractivity contribution in [1.29, 1.82) is 0 Å². The van der Waals surface area contributed by atoms with E-state index in [1.165, 1.54) is 18.1 Å². The minimum absolute atomic E-state index is 0.0239. The van der Waals surface area contributed by atoms with Crippen molar-refractivity contribution in [2.24, 2.45) is 5.92 Å². The van der Waals surface area contributed by atoms with Gasteiger partial charge >= 0.3 is 12.3 Å². The monoisotopic (exact) mass is 475 g/mol. The predicted molar refractivity (Wildman–Crippen MR) is 114 cm³/mol. The van der Waals surface area contributed by atoms with Crippen molar-refractivity contribution in [2.45, 2.75) is 31.1 Å². The summed E-state index contributed by atoms with van der Waals surface area (Å²) in [6.45, 7) is 0.468. The highest BCUT2D eigenvalue weighted by Crippen LogP contribution is 2.45. The summed E-state index contributed by atoms with van der Waals surface area (Å²) in [6.07, 6.45) is -2.28. The summed E-state index contributed by atoms with van der Waals surface area (Å²) in [6, 6.07) is 6.43. The van der Waals surface area contributed by atoms with E-state index in [4.69, 9.17) is 4.74 Å². The Hall–Kier alpha value is -3.83. The molecule has 2 amide bonds. The van der Waals surface area contributed by atoms with Crippen molar-refractivity contribution in [3.63, 3.8) is 0 Å². The highest BCUT2D eigenvalue weighted by molar-refractivity contribution is 6.05. The van der Waals surface area contributed by atoms with Crippen LogP contribution in [0.3, 0.4) is 0 Å². The number of carbonyl (C=O) groups is 2. The molecule has 1 aliphatic carbocycles. The van der Waals surface area contributed by atoms with Crippen LogP contribution in [0, 0.1) is 5.92 Å². The average Bonchev–Trinajstić information content (AvgIpc) is 3.51. The second-order valence-electron chi connectivity index (χ2n) is 8.47. The van der Waals surface area contributed by atoms with Gasteiger partial charge in [-0.3, -0.25) is 9.48 Å². The summed E-state index contributed by atoms with van der Waals surface area (Å²) < 4.78 is 46.0. The molecule has 0 unspecified atom stereocenters.